The molecule has 2 aromatic heterocycles. The van der Waals surface area contributed by atoms with Crippen molar-refractivity contribution in [2.75, 3.05) is 6.54 Å². The highest BCUT2D eigenvalue weighted by molar-refractivity contribution is 7.12. The molecule has 1 saturated carbocycles. The summed E-state index contributed by atoms with van der Waals surface area (Å²) in [6, 6.07) is 1.93. The van der Waals surface area contributed by atoms with Gasteiger partial charge in [-0.05, 0) is 18.4 Å². The van der Waals surface area contributed by atoms with Gasteiger partial charge >= 0.3 is 0 Å². The summed E-state index contributed by atoms with van der Waals surface area (Å²) in [6.07, 6.45) is 8.99. The third kappa shape index (κ3) is 4.02. The molecule has 6 nitrogen and oxygen atoms in total. The van der Waals surface area contributed by atoms with Gasteiger partial charge in [-0.15, -0.1) is 11.3 Å². The molecule has 24 heavy (non-hydrogen) atoms. The Hall–Kier alpha value is -1.73. The molecular formula is C17H25N5OS. The lowest BCUT2D eigenvalue weighted by molar-refractivity contribution is 0.0934. The van der Waals surface area contributed by atoms with Crippen LogP contribution in [-0.4, -0.2) is 33.3 Å². The number of rotatable bonds is 6. The average molecular weight is 347 g/mol. The van der Waals surface area contributed by atoms with E-state index in [1.807, 2.05) is 18.5 Å². The fraction of sp³-hybridized carbons (Fsp3) is 0.588. The molecule has 1 aliphatic rings. The van der Waals surface area contributed by atoms with Crippen LogP contribution in [0.2, 0.25) is 0 Å². The van der Waals surface area contributed by atoms with Crippen LogP contribution >= 0.6 is 11.3 Å². The van der Waals surface area contributed by atoms with Crippen LogP contribution < -0.4 is 11.1 Å². The number of carbonyl (C=O) groups is 1. The van der Waals surface area contributed by atoms with E-state index in [9.17, 15) is 4.79 Å². The quantitative estimate of drug-likeness (QED) is 0.841. The van der Waals surface area contributed by atoms with Crippen LogP contribution in [-0.2, 0) is 7.05 Å². The molecule has 0 radical (unpaired) electrons. The molecule has 130 valence electrons. The third-order valence-electron chi connectivity index (χ3n) is 4.76. The molecule has 1 fully saturated rings. The molecule has 2 heterocycles. The summed E-state index contributed by atoms with van der Waals surface area (Å²) >= 11 is 1.43. The van der Waals surface area contributed by atoms with Crippen LogP contribution in [0.3, 0.4) is 0 Å². The van der Waals surface area contributed by atoms with E-state index >= 15 is 0 Å². The Morgan fingerprint density at radius 1 is 1.46 bits per heavy atom. The summed E-state index contributed by atoms with van der Waals surface area (Å²) in [6.45, 7) is 0.490. The van der Waals surface area contributed by atoms with Crippen molar-refractivity contribution in [3.8, 4) is 11.4 Å². The summed E-state index contributed by atoms with van der Waals surface area (Å²) < 4.78 is 1.70. The SMILES string of the molecule is Cn1ncnc1-c1csc(C(=O)N[C@H](CN)CC2CCCCC2)c1. The molecule has 3 N–H and O–H groups in total. The van der Waals surface area contributed by atoms with Gasteiger partial charge in [0.25, 0.3) is 5.91 Å². The fourth-order valence-corrected chi connectivity index (χ4v) is 4.21. The average Bonchev–Trinajstić information content (AvgIpc) is 3.23. The Bertz CT molecular complexity index is 674. The molecule has 1 atom stereocenters. The zero-order valence-corrected chi connectivity index (χ0v) is 14.9. The predicted octanol–water partition coefficient (Wildman–Crippen LogP) is 2.57. The molecular weight excluding hydrogens is 322 g/mol. The third-order valence-corrected chi connectivity index (χ3v) is 5.68. The number of thiophene rings is 1. The zero-order valence-electron chi connectivity index (χ0n) is 14.1. The van der Waals surface area contributed by atoms with Gasteiger partial charge in [0.2, 0.25) is 0 Å². The summed E-state index contributed by atoms with van der Waals surface area (Å²) in [4.78, 5) is 17.4. The number of aromatic nitrogens is 3. The van der Waals surface area contributed by atoms with E-state index in [0.29, 0.717) is 17.3 Å². The maximum atomic E-state index is 12.5. The zero-order chi connectivity index (χ0) is 16.9. The van der Waals surface area contributed by atoms with E-state index in [-0.39, 0.29) is 11.9 Å². The number of nitrogens with zero attached hydrogens (tertiary/aromatic N) is 3. The van der Waals surface area contributed by atoms with Crippen molar-refractivity contribution in [3.63, 3.8) is 0 Å². The number of nitrogens with two attached hydrogens (primary N) is 1. The van der Waals surface area contributed by atoms with E-state index in [1.54, 1.807) is 4.68 Å². The van der Waals surface area contributed by atoms with E-state index in [2.05, 4.69) is 15.4 Å². The molecule has 2 aromatic rings. The van der Waals surface area contributed by atoms with Crippen LogP contribution in [0, 0.1) is 5.92 Å². The summed E-state index contributed by atoms with van der Waals surface area (Å²) in [5, 5.41) is 9.12. The molecule has 0 aliphatic heterocycles. The summed E-state index contributed by atoms with van der Waals surface area (Å²) in [5.41, 5.74) is 6.80. The Morgan fingerprint density at radius 2 is 2.25 bits per heavy atom. The number of aryl methyl sites for hydroxylation is 1. The van der Waals surface area contributed by atoms with Gasteiger partial charge in [0.05, 0.1) is 4.88 Å². The van der Waals surface area contributed by atoms with Crippen molar-refractivity contribution in [3.05, 3.63) is 22.7 Å². The summed E-state index contributed by atoms with van der Waals surface area (Å²) in [7, 11) is 1.84. The van der Waals surface area contributed by atoms with Gasteiger partial charge in [-0.1, -0.05) is 32.1 Å². The molecule has 0 bridgehead atoms. The maximum absolute atomic E-state index is 12.5. The second-order valence-corrected chi connectivity index (χ2v) is 7.46. The van der Waals surface area contributed by atoms with Gasteiger partial charge in [0.15, 0.2) is 5.82 Å². The topological polar surface area (TPSA) is 85.8 Å². The minimum atomic E-state index is -0.0420. The number of carbonyl (C=O) groups excluding carboxylic acids is 1. The van der Waals surface area contributed by atoms with E-state index < -0.39 is 0 Å². The molecule has 3 rings (SSSR count). The van der Waals surface area contributed by atoms with Crippen LogP contribution in [0.5, 0.6) is 0 Å². The standard InChI is InChI=1S/C17H25N5OS/c1-22-16(19-11-20-22)13-8-15(24-10-13)17(23)21-14(9-18)7-12-5-3-2-4-6-12/h8,10-12,14H,2-7,9,18H2,1H3,(H,21,23)/t14-/m0/s1. The molecule has 0 aromatic carbocycles. The Labute approximate surface area is 146 Å². The monoisotopic (exact) mass is 347 g/mol. The van der Waals surface area contributed by atoms with Gasteiger partial charge < -0.3 is 11.1 Å². The number of nitrogens with one attached hydrogen (secondary N) is 1. The lowest BCUT2D eigenvalue weighted by Gasteiger charge is -2.26. The summed E-state index contributed by atoms with van der Waals surface area (Å²) in [5.74, 6) is 1.42. The van der Waals surface area contributed by atoms with E-state index in [4.69, 9.17) is 5.73 Å². The Morgan fingerprint density at radius 3 is 2.92 bits per heavy atom. The minimum Gasteiger partial charge on any atom is -0.347 e. The first-order valence-corrected chi connectivity index (χ1v) is 9.49. The highest BCUT2D eigenvalue weighted by atomic mass is 32.1. The van der Waals surface area contributed by atoms with Crippen molar-refractivity contribution in [2.24, 2.45) is 18.7 Å². The van der Waals surface area contributed by atoms with Crippen LogP contribution in [0.15, 0.2) is 17.8 Å². The predicted molar refractivity (Wildman–Crippen MR) is 95.8 cm³/mol. The lowest BCUT2D eigenvalue weighted by Crippen LogP contribution is -2.41. The minimum absolute atomic E-state index is 0.0420. The lowest BCUT2D eigenvalue weighted by atomic mass is 9.85. The van der Waals surface area contributed by atoms with Gasteiger partial charge in [0, 0.05) is 30.6 Å². The molecule has 0 spiro atoms. The van der Waals surface area contributed by atoms with Gasteiger partial charge in [-0.3, -0.25) is 4.79 Å². The van der Waals surface area contributed by atoms with Crippen molar-refractivity contribution in [2.45, 2.75) is 44.6 Å². The largest absolute Gasteiger partial charge is 0.347 e. The molecule has 1 aliphatic carbocycles. The van der Waals surface area contributed by atoms with Gasteiger partial charge in [-0.25, -0.2) is 9.67 Å². The highest BCUT2D eigenvalue weighted by Crippen LogP contribution is 2.28. The Kier molecular flexibility index (Phi) is 5.63. The first-order valence-electron chi connectivity index (χ1n) is 8.61. The van der Waals surface area contributed by atoms with Crippen LogP contribution in [0.25, 0.3) is 11.4 Å². The first-order chi connectivity index (χ1) is 11.7. The molecule has 1 amide bonds. The number of hydrogen-bond acceptors (Lipinski definition) is 5. The van der Waals surface area contributed by atoms with E-state index in [1.165, 1.54) is 49.8 Å². The highest BCUT2D eigenvalue weighted by Gasteiger charge is 2.21. The maximum Gasteiger partial charge on any atom is 0.261 e. The number of hydrogen-bond donors (Lipinski definition) is 2. The smallest absolute Gasteiger partial charge is 0.261 e. The molecule has 7 heteroatoms. The second kappa shape index (κ2) is 7.90. The fourth-order valence-electron chi connectivity index (χ4n) is 3.43. The Balaban J connectivity index is 1.61. The van der Waals surface area contributed by atoms with Crippen molar-refractivity contribution >= 4 is 17.2 Å². The van der Waals surface area contributed by atoms with Crippen molar-refractivity contribution < 1.29 is 4.79 Å². The van der Waals surface area contributed by atoms with Crippen LogP contribution in [0.1, 0.15) is 48.2 Å². The van der Waals surface area contributed by atoms with Crippen molar-refractivity contribution in [1.82, 2.24) is 20.1 Å². The van der Waals surface area contributed by atoms with E-state index in [0.717, 1.165) is 17.8 Å². The van der Waals surface area contributed by atoms with Gasteiger partial charge in [-0.2, -0.15) is 5.10 Å². The van der Waals surface area contributed by atoms with Crippen molar-refractivity contribution in [1.29, 1.82) is 0 Å². The first kappa shape index (κ1) is 17.1. The van der Waals surface area contributed by atoms with Crippen LogP contribution in [0.4, 0.5) is 0 Å². The second-order valence-electron chi connectivity index (χ2n) is 6.55. The molecule has 0 unspecified atom stereocenters. The molecule has 0 saturated heterocycles. The van der Waals surface area contributed by atoms with Gasteiger partial charge in [0.1, 0.15) is 6.33 Å². The normalized spacial score (nSPS) is 16.9. The number of amides is 1.